The summed E-state index contributed by atoms with van der Waals surface area (Å²) >= 11 is 0. The zero-order valence-electron chi connectivity index (χ0n) is 19.7. The van der Waals surface area contributed by atoms with E-state index in [1.807, 2.05) is 19.1 Å². The number of fused-ring (bicyclic) bond motifs is 1. The number of ether oxygens (including phenoxy) is 3. The van der Waals surface area contributed by atoms with E-state index < -0.39 is 5.91 Å². The first kappa shape index (κ1) is 23.1. The average Bonchev–Trinajstić information content (AvgIpc) is 3.19. The minimum atomic E-state index is -0.492. The summed E-state index contributed by atoms with van der Waals surface area (Å²) in [6.07, 6.45) is 3.91. The number of carbonyl (C=O) groups excluding carboxylic acids is 1. The van der Waals surface area contributed by atoms with Crippen LogP contribution in [0.15, 0.2) is 58.8 Å². The second-order valence-electron chi connectivity index (χ2n) is 7.98. The Morgan fingerprint density at radius 1 is 1.06 bits per heavy atom. The number of nitrogens with zero attached hydrogens (tertiary/aromatic N) is 2. The van der Waals surface area contributed by atoms with Gasteiger partial charge in [0, 0.05) is 12.5 Å². The molecule has 4 rings (SSSR count). The Morgan fingerprint density at radius 3 is 2.59 bits per heavy atom. The van der Waals surface area contributed by atoms with Gasteiger partial charge in [0.05, 0.1) is 25.9 Å². The third kappa shape index (κ3) is 4.80. The molecule has 0 saturated carbocycles. The summed E-state index contributed by atoms with van der Waals surface area (Å²) in [5, 5.41) is 9.57. The summed E-state index contributed by atoms with van der Waals surface area (Å²) < 4.78 is 17.2. The van der Waals surface area contributed by atoms with Gasteiger partial charge in [0.2, 0.25) is 0 Å². The van der Waals surface area contributed by atoms with Crippen LogP contribution in [-0.2, 0) is 9.63 Å². The van der Waals surface area contributed by atoms with Crippen molar-refractivity contribution >= 4 is 23.7 Å². The Labute approximate surface area is 198 Å². The standard InChI is InChI=1S/C26H27N3O5/c1-16-7-5-8-21(18(16)3)32-11-6-12-33-22-10-9-19(15-23(22)31-4)14-20-25(27)29-24(28-26(20)30)13-17(2)34-29/h5,7-10,13-15,27H,6,11-12H2,1-4H3/b20-14-,27-25?. The van der Waals surface area contributed by atoms with Crippen LogP contribution < -0.4 is 14.2 Å². The highest BCUT2D eigenvalue weighted by Gasteiger charge is 2.34. The molecule has 0 fully saturated rings. The number of amidine groups is 2. The van der Waals surface area contributed by atoms with Crippen molar-refractivity contribution in [1.29, 1.82) is 5.41 Å². The first-order valence-electron chi connectivity index (χ1n) is 11.0. The monoisotopic (exact) mass is 461 g/mol. The number of nitrogens with one attached hydrogen (secondary N) is 1. The van der Waals surface area contributed by atoms with E-state index in [4.69, 9.17) is 24.5 Å². The summed E-state index contributed by atoms with van der Waals surface area (Å²) in [7, 11) is 1.56. The molecule has 0 aromatic heterocycles. The third-order valence-corrected chi connectivity index (χ3v) is 5.54. The Morgan fingerprint density at radius 2 is 1.82 bits per heavy atom. The summed E-state index contributed by atoms with van der Waals surface area (Å²) in [6.45, 7) is 6.85. The topological polar surface area (TPSA) is 93.4 Å². The van der Waals surface area contributed by atoms with Gasteiger partial charge in [0.1, 0.15) is 11.5 Å². The van der Waals surface area contributed by atoms with Crippen molar-refractivity contribution in [1.82, 2.24) is 5.06 Å². The van der Waals surface area contributed by atoms with Crippen LogP contribution in [0.2, 0.25) is 0 Å². The quantitative estimate of drug-likeness (QED) is 0.456. The molecule has 1 amide bonds. The van der Waals surface area contributed by atoms with Gasteiger partial charge >= 0.3 is 0 Å². The van der Waals surface area contributed by atoms with Crippen LogP contribution in [0, 0.1) is 19.3 Å². The van der Waals surface area contributed by atoms with Crippen LogP contribution in [0.25, 0.3) is 6.08 Å². The fraction of sp³-hybridized carbons (Fsp3) is 0.269. The molecule has 8 nitrogen and oxygen atoms in total. The number of benzene rings is 2. The van der Waals surface area contributed by atoms with Gasteiger partial charge in [-0.1, -0.05) is 18.2 Å². The second kappa shape index (κ2) is 9.82. The molecule has 2 aromatic rings. The van der Waals surface area contributed by atoms with E-state index in [9.17, 15) is 4.79 Å². The summed E-state index contributed by atoms with van der Waals surface area (Å²) in [6, 6.07) is 11.3. The smallest absolute Gasteiger partial charge is 0.282 e. The number of methoxy groups -OCH3 is 1. The van der Waals surface area contributed by atoms with Crippen molar-refractivity contribution in [2.24, 2.45) is 4.99 Å². The van der Waals surface area contributed by atoms with Gasteiger partial charge in [-0.2, -0.15) is 4.99 Å². The molecule has 2 aliphatic heterocycles. The molecule has 0 bridgehead atoms. The highest BCUT2D eigenvalue weighted by Crippen LogP contribution is 2.30. The van der Waals surface area contributed by atoms with Crippen molar-refractivity contribution in [3.8, 4) is 17.2 Å². The van der Waals surface area contributed by atoms with Gasteiger partial charge in [-0.15, -0.1) is 5.06 Å². The molecule has 0 atom stereocenters. The minimum absolute atomic E-state index is 0.0637. The number of aliphatic imine (C=N–C) groups is 1. The number of rotatable bonds is 8. The predicted octanol–water partition coefficient (Wildman–Crippen LogP) is 4.61. The summed E-state index contributed by atoms with van der Waals surface area (Å²) in [5.41, 5.74) is 3.15. The van der Waals surface area contributed by atoms with Crippen molar-refractivity contribution in [3.05, 3.63) is 70.5 Å². The lowest BCUT2D eigenvalue weighted by Gasteiger charge is -2.23. The maximum atomic E-state index is 12.4. The fourth-order valence-corrected chi connectivity index (χ4v) is 3.56. The third-order valence-electron chi connectivity index (χ3n) is 5.54. The second-order valence-corrected chi connectivity index (χ2v) is 7.98. The minimum Gasteiger partial charge on any atom is -0.493 e. The van der Waals surface area contributed by atoms with Crippen molar-refractivity contribution < 1.29 is 23.8 Å². The Hall–Kier alpha value is -4.07. The van der Waals surface area contributed by atoms with Crippen molar-refractivity contribution in [3.63, 3.8) is 0 Å². The van der Waals surface area contributed by atoms with E-state index in [1.165, 1.54) is 10.6 Å². The summed E-state index contributed by atoms with van der Waals surface area (Å²) in [5.74, 6) is 2.33. The van der Waals surface area contributed by atoms with E-state index in [2.05, 4.69) is 18.0 Å². The number of hydrogen-bond donors (Lipinski definition) is 1. The van der Waals surface area contributed by atoms with Crippen LogP contribution in [0.3, 0.4) is 0 Å². The number of carbonyl (C=O) groups is 1. The van der Waals surface area contributed by atoms with Gasteiger partial charge in [-0.05, 0) is 61.7 Å². The van der Waals surface area contributed by atoms with Crippen LogP contribution in [0.4, 0.5) is 0 Å². The lowest BCUT2D eigenvalue weighted by molar-refractivity contribution is -0.114. The Kier molecular flexibility index (Phi) is 6.67. The molecular weight excluding hydrogens is 434 g/mol. The molecule has 34 heavy (non-hydrogen) atoms. The van der Waals surface area contributed by atoms with E-state index >= 15 is 0 Å². The van der Waals surface area contributed by atoms with Crippen molar-refractivity contribution in [2.75, 3.05) is 20.3 Å². The predicted molar refractivity (Wildman–Crippen MR) is 129 cm³/mol. The van der Waals surface area contributed by atoms with Crippen LogP contribution in [0.5, 0.6) is 17.2 Å². The van der Waals surface area contributed by atoms with Gasteiger partial charge in [0.15, 0.2) is 23.2 Å². The number of aryl methyl sites for hydroxylation is 1. The molecule has 0 unspecified atom stereocenters. The number of amides is 1. The average molecular weight is 462 g/mol. The largest absolute Gasteiger partial charge is 0.493 e. The summed E-state index contributed by atoms with van der Waals surface area (Å²) in [4.78, 5) is 21.9. The van der Waals surface area contributed by atoms with Gasteiger partial charge in [-0.25, -0.2) is 0 Å². The normalized spacial score (nSPS) is 16.1. The maximum Gasteiger partial charge on any atom is 0.282 e. The van der Waals surface area contributed by atoms with Gasteiger partial charge in [-0.3, -0.25) is 10.2 Å². The lowest BCUT2D eigenvalue weighted by Crippen LogP contribution is -2.38. The zero-order chi connectivity index (χ0) is 24.2. The first-order chi connectivity index (χ1) is 16.4. The Balaban J connectivity index is 1.38. The number of hydroxylamine groups is 2. The van der Waals surface area contributed by atoms with E-state index in [-0.39, 0.29) is 11.4 Å². The number of hydrogen-bond acceptors (Lipinski definition) is 6. The molecule has 2 aliphatic rings. The van der Waals surface area contributed by atoms with Crippen molar-refractivity contribution in [2.45, 2.75) is 27.2 Å². The van der Waals surface area contributed by atoms with E-state index in [0.29, 0.717) is 48.3 Å². The molecule has 0 aliphatic carbocycles. The highest BCUT2D eigenvalue weighted by molar-refractivity contribution is 6.32. The van der Waals surface area contributed by atoms with Gasteiger partial charge < -0.3 is 19.0 Å². The molecule has 0 saturated heterocycles. The lowest BCUT2D eigenvalue weighted by atomic mass is 10.1. The SMILES string of the molecule is COc1cc(/C=C2/C(=N)N3OC(C)=CC3=NC2=O)ccc1OCCCOc1cccc(C)c1C. The molecule has 1 N–H and O–H groups in total. The molecule has 8 heteroatoms. The van der Waals surface area contributed by atoms with Gasteiger partial charge in [0.25, 0.3) is 5.91 Å². The molecule has 0 radical (unpaired) electrons. The van der Waals surface area contributed by atoms with E-state index in [1.54, 1.807) is 44.4 Å². The van der Waals surface area contributed by atoms with Crippen LogP contribution in [0.1, 0.15) is 30.0 Å². The van der Waals surface area contributed by atoms with Crippen LogP contribution in [-0.4, -0.2) is 43.0 Å². The number of allylic oxidation sites excluding steroid dienone is 1. The van der Waals surface area contributed by atoms with E-state index in [0.717, 1.165) is 11.3 Å². The van der Waals surface area contributed by atoms with Crippen LogP contribution >= 0.6 is 0 Å². The zero-order valence-corrected chi connectivity index (χ0v) is 19.7. The molecule has 176 valence electrons. The first-order valence-corrected chi connectivity index (χ1v) is 11.0. The molecule has 2 aromatic carbocycles. The Bertz CT molecular complexity index is 1230. The molecule has 0 spiro atoms. The molecule has 2 heterocycles. The molecular formula is C26H27N3O5. The maximum absolute atomic E-state index is 12.4. The fourth-order valence-electron chi connectivity index (χ4n) is 3.56. The highest BCUT2D eigenvalue weighted by atomic mass is 16.7.